The van der Waals surface area contributed by atoms with Crippen molar-refractivity contribution in [1.29, 1.82) is 0 Å². The number of esters is 1. The summed E-state index contributed by atoms with van der Waals surface area (Å²) in [5, 5.41) is 2.88. The highest BCUT2D eigenvalue weighted by atomic mass is 16.5. The van der Waals surface area contributed by atoms with E-state index in [1.54, 1.807) is 23.1 Å². The maximum Gasteiger partial charge on any atom is 0.328 e. The number of nitrogens with zero attached hydrogens (tertiary/aromatic N) is 2. The molecule has 1 N–H and O–H groups in total. The quantitative estimate of drug-likeness (QED) is 0.781. The molecule has 1 amide bonds. The average molecular weight is 399 g/mol. The van der Waals surface area contributed by atoms with Crippen molar-refractivity contribution in [3.8, 4) is 0 Å². The van der Waals surface area contributed by atoms with Crippen LogP contribution in [0.15, 0.2) is 33.9 Å². The van der Waals surface area contributed by atoms with E-state index < -0.39 is 23.6 Å². The minimum atomic E-state index is -0.737. The lowest BCUT2D eigenvalue weighted by Gasteiger charge is -2.41. The maximum atomic E-state index is 12.4. The van der Waals surface area contributed by atoms with Crippen LogP contribution in [0.2, 0.25) is 0 Å². The molecule has 8 heteroatoms. The van der Waals surface area contributed by atoms with Crippen LogP contribution in [-0.4, -0.2) is 46.3 Å². The Morgan fingerprint density at radius 1 is 1.03 bits per heavy atom. The number of rotatable bonds is 4. The van der Waals surface area contributed by atoms with Gasteiger partial charge in [0.1, 0.15) is 6.54 Å². The lowest BCUT2D eigenvalue weighted by molar-refractivity contribution is -0.154. The van der Waals surface area contributed by atoms with Crippen LogP contribution in [0.4, 0.5) is 0 Å². The summed E-state index contributed by atoms with van der Waals surface area (Å²) in [7, 11) is 0. The summed E-state index contributed by atoms with van der Waals surface area (Å²) in [5.41, 5.74) is -0.942. The number of fused-ring (bicyclic) bond motifs is 2. The van der Waals surface area contributed by atoms with Crippen molar-refractivity contribution < 1.29 is 14.3 Å². The van der Waals surface area contributed by atoms with Crippen LogP contribution in [0.1, 0.15) is 32.1 Å². The van der Waals surface area contributed by atoms with Gasteiger partial charge in [-0.3, -0.25) is 24.3 Å². The van der Waals surface area contributed by atoms with Gasteiger partial charge in [-0.25, -0.2) is 4.68 Å². The fraction of sp³-hybridized carbons (Fsp3) is 0.524. The van der Waals surface area contributed by atoms with Crippen LogP contribution in [0.25, 0.3) is 10.8 Å². The second kappa shape index (κ2) is 8.23. The molecule has 1 aromatic heterocycles. The zero-order valence-corrected chi connectivity index (χ0v) is 16.3. The molecule has 2 fully saturated rings. The molecular formula is C21H25N3O5. The van der Waals surface area contributed by atoms with Gasteiger partial charge in [0, 0.05) is 13.1 Å². The smallest absolute Gasteiger partial charge is 0.328 e. The van der Waals surface area contributed by atoms with Crippen LogP contribution in [-0.2, 0) is 20.9 Å². The van der Waals surface area contributed by atoms with Crippen LogP contribution in [0.5, 0.6) is 0 Å². The summed E-state index contributed by atoms with van der Waals surface area (Å²) in [5.74, 6) is 0.325. The molecule has 1 saturated heterocycles. The summed E-state index contributed by atoms with van der Waals surface area (Å²) in [6.45, 7) is 0.646. The molecular weight excluding hydrogens is 374 g/mol. The summed E-state index contributed by atoms with van der Waals surface area (Å²) in [6.07, 6.45) is 5.92. The Bertz CT molecular complexity index is 1040. The van der Waals surface area contributed by atoms with Gasteiger partial charge < -0.3 is 9.64 Å². The minimum Gasteiger partial charge on any atom is -0.454 e. The monoisotopic (exact) mass is 399 g/mol. The Labute approximate surface area is 167 Å². The first kappa shape index (κ1) is 19.4. The molecule has 0 spiro atoms. The molecule has 29 heavy (non-hydrogen) atoms. The Kier molecular flexibility index (Phi) is 5.51. The number of amides is 1. The van der Waals surface area contributed by atoms with Crippen molar-refractivity contribution in [3.05, 3.63) is 45.0 Å². The van der Waals surface area contributed by atoms with E-state index in [0.717, 1.165) is 24.1 Å². The SMILES string of the molecule is O=C(Cn1[nH]c(=O)c2ccccc2c1=O)OCC(=O)N1CC[C@@H]2CCCC[C@@H]2C1. The van der Waals surface area contributed by atoms with Gasteiger partial charge >= 0.3 is 5.97 Å². The molecule has 0 unspecified atom stereocenters. The number of H-pyrrole nitrogens is 1. The van der Waals surface area contributed by atoms with Gasteiger partial charge in [0.25, 0.3) is 17.0 Å². The number of aromatic amines is 1. The standard InChI is InChI=1S/C21H25N3O5/c25-18(23-10-9-14-5-1-2-6-15(14)11-23)13-29-19(26)12-24-21(28)17-8-4-3-7-16(17)20(27)22-24/h3-4,7-8,14-15H,1-2,5-6,9-13H2,(H,22,27)/t14-,15+/m0/s1. The number of nitrogens with one attached hydrogen (secondary N) is 1. The van der Waals surface area contributed by atoms with Crippen LogP contribution >= 0.6 is 0 Å². The van der Waals surface area contributed by atoms with Crippen molar-refractivity contribution in [2.75, 3.05) is 19.7 Å². The first-order chi connectivity index (χ1) is 14.0. The van der Waals surface area contributed by atoms with E-state index >= 15 is 0 Å². The van der Waals surface area contributed by atoms with Crippen LogP contribution in [0, 0.1) is 11.8 Å². The number of hydrogen-bond acceptors (Lipinski definition) is 5. The second-order valence-corrected chi connectivity index (χ2v) is 7.97. The Morgan fingerprint density at radius 3 is 2.55 bits per heavy atom. The minimum absolute atomic E-state index is 0.207. The van der Waals surface area contributed by atoms with Crippen LogP contribution < -0.4 is 11.1 Å². The third-order valence-corrected chi connectivity index (χ3v) is 6.17. The van der Waals surface area contributed by atoms with Crippen molar-refractivity contribution >= 4 is 22.6 Å². The van der Waals surface area contributed by atoms with Gasteiger partial charge in [-0.2, -0.15) is 0 Å². The van der Waals surface area contributed by atoms with E-state index in [1.165, 1.54) is 25.3 Å². The zero-order chi connectivity index (χ0) is 20.4. The first-order valence-electron chi connectivity index (χ1n) is 10.2. The lowest BCUT2D eigenvalue weighted by Crippen LogP contribution is -2.46. The molecule has 2 heterocycles. The highest BCUT2D eigenvalue weighted by Gasteiger charge is 2.33. The molecule has 1 aliphatic heterocycles. The van der Waals surface area contributed by atoms with E-state index in [2.05, 4.69) is 5.10 Å². The van der Waals surface area contributed by atoms with Gasteiger partial charge in [0.2, 0.25) is 0 Å². The molecule has 2 aliphatic rings. The number of hydrogen-bond donors (Lipinski definition) is 1. The third kappa shape index (κ3) is 4.11. The third-order valence-electron chi connectivity index (χ3n) is 6.17. The predicted octanol–water partition coefficient (Wildman–Crippen LogP) is 1.27. The fourth-order valence-electron chi connectivity index (χ4n) is 4.59. The average Bonchev–Trinajstić information content (AvgIpc) is 2.75. The van der Waals surface area contributed by atoms with E-state index in [0.29, 0.717) is 18.4 Å². The number of carbonyl (C=O) groups excluding carboxylic acids is 2. The van der Waals surface area contributed by atoms with E-state index in [-0.39, 0.29) is 23.3 Å². The topological polar surface area (TPSA) is 101 Å². The number of carbonyl (C=O) groups is 2. The molecule has 4 rings (SSSR count). The molecule has 1 aliphatic carbocycles. The van der Waals surface area contributed by atoms with Crippen LogP contribution in [0.3, 0.4) is 0 Å². The first-order valence-corrected chi connectivity index (χ1v) is 10.2. The molecule has 8 nitrogen and oxygen atoms in total. The molecule has 0 radical (unpaired) electrons. The largest absolute Gasteiger partial charge is 0.454 e. The van der Waals surface area contributed by atoms with Crippen molar-refractivity contribution in [2.45, 2.75) is 38.6 Å². The van der Waals surface area contributed by atoms with Crippen molar-refractivity contribution in [1.82, 2.24) is 14.7 Å². The summed E-state index contributed by atoms with van der Waals surface area (Å²) in [6, 6.07) is 6.40. The molecule has 0 bridgehead atoms. The maximum absolute atomic E-state index is 12.4. The number of aromatic nitrogens is 2. The Hall–Kier alpha value is -2.90. The summed E-state index contributed by atoms with van der Waals surface area (Å²) in [4.78, 5) is 50.9. The summed E-state index contributed by atoms with van der Waals surface area (Å²) < 4.78 is 6.01. The van der Waals surface area contributed by atoms with Gasteiger partial charge in [-0.15, -0.1) is 0 Å². The van der Waals surface area contributed by atoms with Gasteiger partial charge in [0.05, 0.1) is 10.8 Å². The summed E-state index contributed by atoms with van der Waals surface area (Å²) >= 11 is 0. The number of likely N-dealkylation sites (tertiary alicyclic amines) is 1. The molecule has 1 aromatic carbocycles. The van der Waals surface area contributed by atoms with E-state index in [1.807, 2.05) is 0 Å². The number of benzene rings is 1. The molecule has 2 atom stereocenters. The predicted molar refractivity (Wildman–Crippen MR) is 106 cm³/mol. The number of ether oxygens (including phenoxy) is 1. The van der Waals surface area contributed by atoms with Crippen molar-refractivity contribution in [2.24, 2.45) is 11.8 Å². The molecule has 1 saturated carbocycles. The van der Waals surface area contributed by atoms with E-state index in [9.17, 15) is 19.2 Å². The second-order valence-electron chi connectivity index (χ2n) is 7.97. The molecule has 2 aromatic rings. The Balaban J connectivity index is 1.35. The molecule has 154 valence electrons. The number of piperidine rings is 1. The van der Waals surface area contributed by atoms with Gasteiger partial charge in [-0.1, -0.05) is 31.4 Å². The normalized spacial score (nSPS) is 21.6. The zero-order valence-electron chi connectivity index (χ0n) is 16.3. The van der Waals surface area contributed by atoms with Crippen molar-refractivity contribution in [3.63, 3.8) is 0 Å². The van der Waals surface area contributed by atoms with E-state index in [4.69, 9.17) is 4.74 Å². The van der Waals surface area contributed by atoms with Gasteiger partial charge in [-0.05, 0) is 36.8 Å². The lowest BCUT2D eigenvalue weighted by atomic mass is 9.75. The highest BCUT2D eigenvalue weighted by molar-refractivity contribution is 5.82. The fourth-order valence-corrected chi connectivity index (χ4v) is 4.59. The van der Waals surface area contributed by atoms with Gasteiger partial charge in [0.15, 0.2) is 6.61 Å². The Morgan fingerprint density at radius 2 is 1.76 bits per heavy atom. The highest BCUT2D eigenvalue weighted by Crippen LogP contribution is 2.35.